The zero-order valence-corrected chi connectivity index (χ0v) is 9.20. The van der Waals surface area contributed by atoms with Crippen LogP contribution in [0.2, 0.25) is 0 Å². The fourth-order valence-electron chi connectivity index (χ4n) is 1.79. The number of pyridine rings is 1. The minimum atomic E-state index is -1.37. The molecule has 0 aromatic carbocycles. The highest BCUT2D eigenvalue weighted by Gasteiger charge is 2.48. The lowest BCUT2D eigenvalue weighted by molar-refractivity contribution is 0.0601. The molecule has 1 aliphatic rings. The van der Waals surface area contributed by atoms with E-state index in [1.807, 2.05) is 0 Å². The molecule has 0 radical (unpaired) electrons. The molecule has 17 heavy (non-hydrogen) atoms. The maximum atomic E-state index is 13.8. The van der Waals surface area contributed by atoms with Gasteiger partial charge in [0.25, 0.3) is 0 Å². The molecule has 4 nitrogen and oxygen atoms in total. The summed E-state index contributed by atoms with van der Waals surface area (Å²) in [6.45, 7) is 0. The molecule has 1 aliphatic carbocycles. The molecule has 2 aromatic heterocycles. The van der Waals surface area contributed by atoms with Crippen molar-refractivity contribution in [1.82, 2.24) is 4.98 Å². The molecule has 0 aliphatic heterocycles. The molecular weight excluding hydrogens is 225 g/mol. The second kappa shape index (κ2) is 3.29. The molecule has 0 saturated heterocycles. The highest BCUT2D eigenvalue weighted by molar-refractivity contribution is 6.00. The Balaban J connectivity index is 2.18. The summed E-state index contributed by atoms with van der Waals surface area (Å²) in [6.07, 6.45) is 2.40. The summed E-state index contributed by atoms with van der Waals surface area (Å²) in [5.41, 5.74) is -0.327. The Morgan fingerprint density at radius 1 is 1.59 bits per heavy atom. The summed E-state index contributed by atoms with van der Waals surface area (Å²) in [7, 11) is 1.29. The van der Waals surface area contributed by atoms with Gasteiger partial charge in [-0.3, -0.25) is 4.98 Å². The topological polar surface area (TPSA) is 52.3 Å². The van der Waals surface area contributed by atoms with Gasteiger partial charge in [0.15, 0.2) is 11.3 Å². The first-order valence-electron chi connectivity index (χ1n) is 5.30. The lowest BCUT2D eigenvalue weighted by Crippen LogP contribution is -2.01. The molecule has 2 heterocycles. The smallest absolute Gasteiger partial charge is 0.341 e. The fourth-order valence-corrected chi connectivity index (χ4v) is 1.79. The zero-order chi connectivity index (χ0) is 12.0. The van der Waals surface area contributed by atoms with Crippen molar-refractivity contribution in [2.45, 2.75) is 18.5 Å². The van der Waals surface area contributed by atoms with Crippen LogP contribution < -0.4 is 0 Å². The summed E-state index contributed by atoms with van der Waals surface area (Å²) >= 11 is 0. The van der Waals surface area contributed by atoms with Crippen molar-refractivity contribution < 1.29 is 18.3 Å². The Morgan fingerprint density at radius 3 is 3.00 bits per heavy atom. The zero-order valence-electron chi connectivity index (χ0n) is 9.20. The molecule has 0 bridgehead atoms. The van der Waals surface area contributed by atoms with Gasteiger partial charge >= 0.3 is 5.97 Å². The number of hydrogen-bond donors (Lipinski definition) is 0. The van der Waals surface area contributed by atoms with Crippen molar-refractivity contribution in [3.63, 3.8) is 0 Å². The Labute approximate surface area is 96.4 Å². The number of furan rings is 1. The van der Waals surface area contributed by atoms with Crippen LogP contribution in [0.25, 0.3) is 11.1 Å². The van der Waals surface area contributed by atoms with E-state index in [-0.39, 0.29) is 11.3 Å². The van der Waals surface area contributed by atoms with Crippen LogP contribution in [0, 0.1) is 0 Å². The normalized spacial score (nSPS) is 17.1. The first kappa shape index (κ1) is 10.3. The van der Waals surface area contributed by atoms with Crippen molar-refractivity contribution >= 4 is 17.1 Å². The van der Waals surface area contributed by atoms with Crippen molar-refractivity contribution in [2.24, 2.45) is 0 Å². The molecule has 3 rings (SSSR count). The number of nitrogens with zero attached hydrogens (tertiary/aromatic N) is 1. The number of carbonyl (C=O) groups excluding carboxylic acids is 1. The largest absolute Gasteiger partial charge is 0.465 e. The van der Waals surface area contributed by atoms with Gasteiger partial charge in [0.1, 0.15) is 16.8 Å². The first-order chi connectivity index (χ1) is 8.14. The first-order valence-corrected chi connectivity index (χ1v) is 5.30. The maximum absolute atomic E-state index is 13.8. The summed E-state index contributed by atoms with van der Waals surface area (Å²) in [4.78, 5) is 15.6. The van der Waals surface area contributed by atoms with E-state index in [1.165, 1.54) is 19.4 Å². The second-order valence-corrected chi connectivity index (χ2v) is 4.14. The Bertz CT molecular complexity index is 601. The van der Waals surface area contributed by atoms with Crippen LogP contribution in [0.3, 0.4) is 0 Å². The SMILES string of the molecule is COC(=O)c1ccnc2cc(C3(F)CC3)oc12. The van der Waals surface area contributed by atoms with Crippen molar-refractivity contribution in [2.75, 3.05) is 7.11 Å². The van der Waals surface area contributed by atoms with Crippen LogP contribution in [-0.2, 0) is 10.4 Å². The lowest BCUT2D eigenvalue weighted by Gasteiger charge is -1.99. The minimum Gasteiger partial charge on any atom is -0.465 e. The van der Waals surface area contributed by atoms with Gasteiger partial charge < -0.3 is 9.15 Å². The monoisotopic (exact) mass is 235 g/mol. The maximum Gasteiger partial charge on any atom is 0.341 e. The molecule has 2 aromatic rings. The number of fused-ring (bicyclic) bond motifs is 1. The standard InChI is InChI=1S/C12H10FNO3/c1-16-11(15)7-2-5-14-8-6-9(17-10(7)8)12(13)3-4-12/h2,5-6H,3-4H2,1H3. The number of halogens is 1. The van der Waals surface area contributed by atoms with E-state index in [2.05, 4.69) is 9.72 Å². The number of methoxy groups -OCH3 is 1. The van der Waals surface area contributed by atoms with E-state index >= 15 is 0 Å². The Kier molecular flexibility index (Phi) is 1.98. The van der Waals surface area contributed by atoms with Crippen molar-refractivity contribution in [3.8, 4) is 0 Å². The number of ether oxygens (including phenoxy) is 1. The Morgan fingerprint density at radius 2 is 2.35 bits per heavy atom. The predicted molar refractivity (Wildman–Crippen MR) is 57.4 cm³/mol. The highest BCUT2D eigenvalue weighted by atomic mass is 19.1. The average Bonchev–Trinajstić information content (AvgIpc) is 2.94. The number of alkyl halides is 1. The van der Waals surface area contributed by atoms with Crippen LogP contribution in [0.5, 0.6) is 0 Å². The summed E-state index contributed by atoms with van der Waals surface area (Å²) in [6, 6.07) is 3.05. The molecule has 0 spiro atoms. The van der Waals surface area contributed by atoms with Gasteiger partial charge in [-0.1, -0.05) is 0 Å². The molecule has 0 unspecified atom stereocenters. The van der Waals surface area contributed by atoms with Crippen LogP contribution in [0.15, 0.2) is 22.7 Å². The molecule has 0 amide bonds. The van der Waals surface area contributed by atoms with Gasteiger partial charge in [-0.15, -0.1) is 0 Å². The van der Waals surface area contributed by atoms with Gasteiger partial charge in [-0.25, -0.2) is 9.18 Å². The van der Waals surface area contributed by atoms with E-state index in [4.69, 9.17) is 4.42 Å². The molecule has 0 N–H and O–H groups in total. The third-order valence-corrected chi connectivity index (χ3v) is 2.95. The predicted octanol–water partition coefficient (Wildman–Crippen LogP) is 2.57. The Hall–Kier alpha value is -1.91. The van der Waals surface area contributed by atoms with Crippen LogP contribution >= 0.6 is 0 Å². The van der Waals surface area contributed by atoms with Crippen molar-refractivity contribution in [3.05, 3.63) is 29.7 Å². The van der Waals surface area contributed by atoms with E-state index in [0.29, 0.717) is 23.9 Å². The van der Waals surface area contributed by atoms with Crippen LogP contribution in [0.4, 0.5) is 4.39 Å². The van der Waals surface area contributed by atoms with E-state index in [9.17, 15) is 9.18 Å². The minimum absolute atomic E-state index is 0.247. The van der Waals surface area contributed by atoms with Gasteiger partial charge in [0.05, 0.1) is 7.11 Å². The molecular formula is C12H10FNO3. The second-order valence-electron chi connectivity index (χ2n) is 4.14. The average molecular weight is 235 g/mol. The summed E-state index contributed by atoms with van der Waals surface area (Å²) in [5, 5.41) is 0. The van der Waals surface area contributed by atoms with E-state index in [1.54, 1.807) is 6.07 Å². The van der Waals surface area contributed by atoms with E-state index < -0.39 is 11.6 Å². The van der Waals surface area contributed by atoms with Crippen LogP contribution in [-0.4, -0.2) is 18.1 Å². The highest BCUT2D eigenvalue weighted by Crippen LogP contribution is 2.50. The lowest BCUT2D eigenvalue weighted by atomic mass is 10.2. The molecule has 1 saturated carbocycles. The van der Waals surface area contributed by atoms with Gasteiger partial charge in [-0.05, 0) is 18.9 Å². The van der Waals surface area contributed by atoms with Gasteiger partial charge in [0, 0.05) is 12.3 Å². The molecule has 5 heteroatoms. The molecule has 1 fully saturated rings. The van der Waals surface area contributed by atoms with Gasteiger partial charge in [-0.2, -0.15) is 0 Å². The number of hydrogen-bond acceptors (Lipinski definition) is 4. The molecule has 0 atom stereocenters. The van der Waals surface area contributed by atoms with Gasteiger partial charge in [0.2, 0.25) is 0 Å². The number of esters is 1. The quantitative estimate of drug-likeness (QED) is 0.750. The molecule has 88 valence electrons. The van der Waals surface area contributed by atoms with Crippen molar-refractivity contribution in [1.29, 1.82) is 0 Å². The number of carbonyl (C=O) groups is 1. The summed E-state index contributed by atoms with van der Waals surface area (Å²) < 4.78 is 23.9. The number of aromatic nitrogens is 1. The van der Waals surface area contributed by atoms with Crippen LogP contribution in [0.1, 0.15) is 29.0 Å². The third kappa shape index (κ3) is 1.50. The number of rotatable bonds is 2. The third-order valence-electron chi connectivity index (χ3n) is 2.95. The fraction of sp³-hybridized carbons (Fsp3) is 0.333. The van der Waals surface area contributed by atoms with E-state index in [0.717, 1.165) is 0 Å². The summed E-state index contributed by atoms with van der Waals surface area (Å²) in [5.74, 6) is -0.265.